The Bertz CT molecular complexity index is 802. The number of amides is 2. The molecule has 0 unspecified atom stereocenters. The minimum Gasteiger partial charge on any atom is -0.497 e. The number of carbonyl (C=O) groups excluding carboxylic acids is 2. The Morgan fingerprint density at radius 3 is 2.41 bits per heavy atom. The van der Waals surface area contributed by atoms with Gasteiger partial charge in [0.15, 0.2) is 0 Å². The molecule has 2 aromatic carbocycles. The third kappa shape index (κ3) is 6.63. The fourth-order valence-electron chi connectivity index (χ4n) is 3.24. The molecule has 0 heterocycles. The first-order valence-corrected chi connectivity index (χ1v) is 10.2. The van der Waals surface area contributed by atoms with Crippen molar-refractivity contribution in [3.63, 3.8) is 0 Å². The van der Waals surface area contributed by atoms with E-state index in [0.717, 1.165) is 28.9 Å². The van der Waals surface area contributed by atoms with Gasteiger partial charge in [-0.2, -0.15) is 0 Å². The maximum absolute atomic E-state index is 13.2. The number of aryl methyl sites for hydroxylation is 1. The molecule has 0 aliphatic heterocycles. The lowest BCUT2D eigenvalue weighted by Crippen LogP contribution is -2.49. The Kier molecular flexibility index (Phi) is 8.71. The molecule has 29 heavy (non-hydrogen) atoms. The van der Waals surface area contributed by atoms with E-state index in [9.17, 15) is 9.59 Å². The van der Waals surface area contributed by atoms with Crippen LogP contribution in [0.2, 0.25) is 0 Å². The molecule has 5 nitrogen and oxygen atoms in total. The van der Waals surface area contributed by atoms with Crippen molar-refractivity contribution in [2.75, 3.05) is 13.7 Å². The maximum atomic E-state index is 13.2. The molecule has 0 radical (unpaired) electrons. The Morgan fingerprint density at radius 1 is 1.07 bits per heavy atom. The highest BCUT2D eigenvalue weighted by Crippen LogP contribution is 2.18. The van der Waals surface area contributed by atoms with Gasteiger partial charge in [0.1, 0.15) is 11.8 Å². The highest BCUT2D eigenvalue weighted by atomic mass is 16.5. The van der Waals surface area contributed by atoms with Crippen molar-refractivity contribution in [2.45, 2.75) is 52.6 Å². The number of methoxy groups -OCH3 is 1. The summed E-state index contributed by atoms with van der Waals surface area (Å²) in [6.07, 6.45) is 1.68. The summed E-state index contributed by atoms with van der Waals surface area (Å²) in [7, 11) is 1.62. The van der Waals surface area contributed by atoms with Gasteiger partial charge in [-0.05, 0) is 43.0 Å². The van der Waals surface area contributed by atoms with E-state index in [4.69, 9.17) is 4.74 Å². The van der Waals surface area contributed by atoms with Crippen molar-refractivity contribution < 1.29 is 14.3 Å². The van der Waals surface area contributed by atoms with Crippen LogP contribution >= 0.6 is 0 Å². The van der Waals surface area contributed by atoms with Crippen molar-refractivity contribution in [1.82, 2.24) is 10.2 Å². The van der Waals surface area contributed by atoms with Gasteiger partial charge in [0.05, 0.1) is 13.5 Å². The molecule has 0 saturated carbocycles. The molecule has 2 aromatic rings. The average molecular weight is 397 g/mol. The average Bonchev–Trinajstić information content (AvgIpc) is 2.73. The zero-order valence-corrected chi connectivity index (χ0v) is 17.9. The zero-order valence-electron chi connectivity index (χ0n) is 17.9. The minimum atomic E-state index is -0.509. The highest BCUT2D eigenvalue weighted by Gasteiger charge is 2.28. The van der Waals surface area contributed by atoms with E-state index in [2.05, 4.69) is 5.32 Å². The molecule has 0 fully saturated rings. The largest absolute Gasteiger partial charge is 0.497 e. The van der Waals surface area contributed by atoms with Crippen LogP contribution in [-0.4, -0.2) is 36.4 Å². The minimum absolute atomic E-state index is 0.0600. The quantitative estimate of drug-likeness (QED) is 0.663. The van der Waals surface area contributed by atoms with Gasteiger partial charge in [-0.25, -0.2) is 0 Å². The van der Waals surface area contributed by atoms with E-state index < -0.39 is 6.04 Å². The molecule has 1 atom stereocenters. The smallest absolute Gasteiger partial charge is 0.242 e. The number of benzene rings is 2. The molecule has 2 amide bonds. The van der Waals surface area contributed by atoms with E-state index in [1.165, 1.54) is 0 Å². The second-order valence-corrected chi connectivity index (χ2v) is 7.25. The van der Waals surface area contributed by atoms with Crippen molar-refractivity contribution in [3.8, 4) is 5.75 Å². The molecule has 0 spiro atoms. The molecule has 5 heteroatoms. The molecular formula is C24H32N2O3. The predicted molar refractivity (Wildman–Crippen MR) is 116 cm³/mol. The van der Waals surface area contributed by atoms with Crippen molar-refractivity contribution in [2.24, 2.45) is 0 Å². The Hall–Kier alpha value is -2.82. The molecule has 0 saturated heterocycles. The van der Waals surface area contributed by atoms with E-state index in [1.54, 1.807) is 12.0 Å². The molecule has 0 aromatic heterocycles. The van der Waals surface area contributed by atoms with Crippen molar-refractivity contribution >= 4 is 11.8 Å². The van der Waals surface area contributed by atoms with Crippen molar-refractivity contribution in [1.29, 1.82) is 0 Å². The first kappa shape index (κ1) is 22.5. The van der Waals surface area contributed by atoms with Gasteiger partial charge in [0, 0.05) is 13.1 Å². The number of nitrogens with one attached hydrogen (secondary N) is 1. The van der Waals surface area contributed by atoms with Crippen LogP contribution in [0.25, 0.3) is 0 Å². The van der Waals surface area contributed by atoms with Crippen molar-refractivity contribution in [3.05, 3.63) is 65.2 Å². The maximum Gasteiger partial charge on any atom is 0.242 e. The highest BCUT2D eigenvalue weighted by molar-refractivity contribution is 5.88. The number of nitrogens with zero attached hydrogens (tertiary/aromatic N) is 1. The monoisotopic (exact) mass is 396 g/mol. The predicted octanol–water partition coefficient (Wildman–Crippen LogP) is 3.88. The number of hydrogen-bond donors (Lipinski definition) is 1. The second kappa shape index (κ2) is 11.2. The number of carbonyl (C=O) groups is 2. The lowest BCUT2D eigenvalue weighted by molar-refractivity contribution is -0.140. The topological polar surface area (TPSA) is 58.6 Å². The lowest BCUT2D eigenvalue weighted by atomic mass is 10.1. The Balaban J connectivity index is 2.27. The Labute approximate surface area is 174 Å². The van der Waals surface area contributed by atoms with Gasteiger partial charge in [0.25, 0.3) is 0 Å². The van der Waals surface area contributed by atoms with Crippen LogP contribution in [0.15, 0.2) is 48.5 Å². The molecule has 0 aliphatic carbocycles. The fourth-order valence-corrected chi connectivity index (χ4v) is 3.24. The van der Waals surface area contributed by atoms with Gasteiger partial charge in [-0.15, -0.1) is 0 Å². The van der Waals surface area contributed by atoms with Crippen LogP contribution in [-0.2, 0) is 22.6 Å². The van der Waals surface area contributed by atoms with E-state index in [-0.39, 0.29) is 18.2 Å². The summed E-state index contributed by atoms with van der Waals surface area (Å²) in [5, 5.41) is 2.94. The SMILES string of the molecule is CCCNC(=O)[C@@H](CC)N(Cc1cccc(OC)c1)C(=O)Cc1ccc(C)cc1. The van der Waals surface area contributed by atoms with Gasteiger partial charge in [-0.3, -0.25) is 9.59 Å². The van der Waals surface area contributed by atoms with E-state index in [1.807, 2.05) is 69.3 Å². The fraction of sp³-hybridized carbons (Fsp3) is 0.417. The standard InChI is InChI=1S/C24H32N2O3/c1-5-14-25-24(28)22(6-2)26(17-20-8-7-9-21(15-20)29-4)23(27)16-19-12-10-18(3)11-13-19/h7-13,15,22H,5-6,14,16-17H2,1-4H3,(H,25,28)/t22-/m1/s1. The molecular weight excluding hydrogens is 364 g/mol. The summed E-state index contributed by atoms with van der Waals surface area (Å²) >= 11 is 0. The number of hydrogen-bond acceptors (Lipinski definition) is 3. The summed E-state index contributed by atoms with van der Waals surface area (Å²) in [5.74, 6) is 0.571. The van der Waals surface area contributed by atoms with Gasteiger partial charge < -0.3 is 15.0 Å². The third-order valence-corrected chi connectivity index (χ3v) is 4.90. The van der Waals surface area contributed by atoms with Gasteiger partial charge in [0.2, 0.25) is 11.8 Å². The van der Waals surface area contributed by atoms with Gasteiger partial charge >= 0.3 is 0 Å². The molecule has 2 rings (SSSR count). The zero-order chi connectivity index (χ0) is 21.2. The van der Waals surface area contributed by atoms with Crippen LogP contribution in [0.5, 0.6) is 5.75 Å². The molecule has 0 bridgehead atoms. The van der Waals surface area contributed by atoms with Crippen LogP contribution in [0.3, 0.4) is 0 Å². The van der Waals surface area contributed by atoms with Crippen LogP contribution in [0.4, 0.5) is 0 Å². The first-order valence-electron chi connectivity index (χ1n) is 10.2. The number of ether oxygens (including phenoxy) is 1. The van der Waals surface area contributed by atoms with Crippen LogP contribution < -0.4 is 10.1 Å². The summed E-state index contributed by atoms with van der Waals surface area (Å²) in [6, 6.07) is 15.0. The number of rotatable bonds is 10. The molecule has 0 aliphatic rings. The second-order valence-electron chi connectivity index (χ2n) is 7.25. The van der Waals surface area contributed by atoms with Crippen LogP contribution in [0, 0.1) is 6.92 Å². The lowest BCUT2D eigenvalue weighted by Gasteiger charge is -2.31. The summed E-state index contributed by atoms with van der Waals surface area (Å²) in [6.45, 7) is 6.94. The summed E-state index contributed by atoms with van der Waals surface area (Å²) < 4.78 is 5.31. The van der Waals surface area contributed by atoms with E-state index in [0.29, 0.717) is 19.5 Å². The normalized spacial score (nSPS) is 11.6. The Morgan fingerprint density at radius 2 is 1.79 bits per heavy atom. The summed E-state index contributed by atoms with van der Waals surface area (Å²) in [5.41, 5.74) is 3.03. The first-order chi connectivity index (χ1) is 14.0. The van der Waals surface area contributed by atoms with Crippen LogP contribution in [0.1, 0.15) is 43.4 Å². The van der Waals surface area contributed by atoms with E-state index >= 15 is 0 Å². The van der Waals surface area contributed by atoms with Gasteiger partial charge in [-0.1, -0.05) is 55.8 Å². The molecule has 156 valence electrons. The third-order valence-electron chi connectivity index (χ3n) is 4.90. The molecule has 1 N–H and O–H groups in total. The summed E-state index contributed by atoms with van der Waals surface area (Å²) in [4.78, 5) is 27.7.